The molecular formula is C22H29FN4O2. The molecule has 2 aliphatic heterocycles. The number of aryl methyl sites for hydroxylation is 1. The first-order valence-electron chi connectivity index (χ1n) is 10.5. The Balaban J connectivity index is 1.27. The lowest BCUT2D eigenvalue weighted by molar-refractivity contribution is -0.121. The molecule has 2 aromatic rings. The van der Waals surface area contributed by atoms with Crippen LogP contribution in [-0.2, 0) is 42.1 Å². The standard InChI is InChI=1S/C22H29FN4O2/c1-2-27-21-9-12-29-15-19(21)20(25-27)14-26-10-7-18(8-11-26)24-22(28)13-16-3-5-17(23)6-4-16/h3-6,18H,2,7-15H2,1H3,(H,24,28). The van der Waals surface area contributed by atoms with E-state index in [-0.39, 0.29) is 17.8 Å². The molecule has 4 rings (SSSR count). The molecule has 6 nitrogen and oxygen atoms in total. The van der Waals surface area contributed by atoms with Gasteiger partial charge in [-0.1, -0.05) is 12.1 Å². The van der Waals surface area contributed by atoms with E-state index in [1.165, 1.54) is 23.4 Å². The zero-order valence-corrected chi connectivity index (χ0v) is 17.0. The summed E-state index contributed by atoms with van der Waals surface area (Å²) in [6, 6.07) is 6.31. The number of benzene rings is 1. The highest BCUT2D eigenvalue weighted by Crippen LogP contribution is 2.23. The Bertz CT molecular complexity index is 841. The van der Waals surface area contributed by atoms with Crippen molar-refractivity contribution in [1.82, 2.24) is 20.0 Å². The third-order valence-electron chi connectivity index (χ3n) is 5.88. The molecule has 1 aromatic heterocycles. The van der Waals surface area contributed by atoms with Crippen LogP contribution in [0.15, 0.2) is 24.3 Å². The largest absolute Gasteiger partial charge is 0.376 e. The normalized spacial score (nSPS) is 17.9. The summed E-state index contributed by atoms with van der Waals surface area (Å²) in [7, 11) is 0. The van der Waals surface area contributed by atoms with Gasteiger partial charge >= 0.3 is 0 Å². The average Bonchev–Trinajstić information content (AvgIpc) is 3.09. The molecule has 1 amide bonds. The van der Waals surface area contributed by atoms with E-state index in [9.17, 15) is 9.18 Å². The molecule has 1 N–H and O–H groups in total. The van der Waals surface area contributed by atoms with Crippen molar-refractivity contribution in [3.05, 3.63) is 52.6 Å². The SMILES string of the molecule is CCn1nc(CN2CCC(NC(=O)Cc3ccc(F)cc3)CC2)c2c1CCOC2. The molecule has 0 aliphatic carbocycles. The number of aromatic nitrogens is 2. The number of ether oxygens (including phenoxy) is 1. The van der Waals surface area contributed by atoms with Gasteiger partial charge in [0.15, 0.2) is 0 Å². The first-order valence-corrected chi connectivity index (χ1v) is 10.5. The van der Waals surface area contributed by atoms with Gasteiger partial charge in [0.25, 0.3) is 0 Å². The van der Waals surface area contributed by atoms with E-state index < -0.39 is 0 Å². The van der Waals surface area contributed by atoms with Gasteiger partial charge in [0, 0.05) is 49.9 Å². The topological polar surface area (TPSA) is 59.4 Å². The third kappa shape index (κ3) is 4.85. The second-order valence-corrected chi connectivity index (χ2v) is 7.91. The van der Waals surface area contributed by atoms with E-state index >= 15 is 0 Å². The van der Waals surface area contributed by atoms with Crippen LogP contribution in [0, 0.1) is 5.82 Å². The van der Waals surface area contributed by atoms with Crippen molar-refractivity contribution in [2.45, 2.75) is 58.3 Å². The number of piperidine rings is 1. The molecule has 1 saturated heterocycles. The summed E-state index contributed by atoms with van der Waals surface area (Å²) in [5, 5.41) is 7.95. The lowest BCUT2D eigenvalue weighted by Crippen LogP contribution is -2.44. The van der Waals surface area contributed by atoms with E-state index in [4.69, 9.17) is 9.84 Å². The highest BCUT2D eigenvalue weighted by atomic mass is 19.1. The molecule has 0 atom stereocenters. The van der Waals surface area contributed by atoms with E-state index in [2.05, 4.69) is 21.8 Å². The molecule has 0 spiro atoms. The van der Waals surface area contributed by atoms with E-state index in [1.54, 1.807) is 12.1 Å². The summed E-state index contributed by atoms with van der Waals surface area (Å²) in [5.41, 5.74) is 4.57. The zero-order chi connectivity index (χ0) is 20.2. The number of carbonyl (C=O) groups excluding carboxylic acids is 1. The fourth-order valence-electron chi connectivity index (χ4n) is 4.28. The quantitative estimate of drug-likeness (QED) is 0.809. The highest BCUT2D eigenvalue weighted by molar-refractivity contribution is 5.78. The Morgan fingerprint density at radius 2 is 2.03 bits per heavy atom. The molecule has 156 valence electrons. The lowest BCUT2D eigenvalue weighted by Gasteiger charge is -2.32. The minimum absolute atomic E-state index is 0.00275. The molecule has 1 fully saturated rings. The van der Waals surface area contributed by atoms with Crippen LogP contribution in [0.25, 0.3) is 0 Å². The summed E-state index contributed by atoms with van der Waals surface area (Å²) < 4.78 is 20.8. The number of carbonyl (C=O) groups is 1. The van der Waals surface area contributed by atoms with Gasteiger partial charge in [-0.2, -0.15) is 5.10 Å². The number of rotatable bonds is 6. The Kier molecular flexibility index (Phi) is 6.25. The van der Waals surface area contributed by atoms with Crippen molar-refractivity contribution in [2.75, 3.05) is 19.7 Å². The van der Waals surface area contributed by atoms with Gasteiger partial charge in [0.05, 0.1) is 25.3 Å². The predicted octanol–water partition coefficient (Wildman–Crippen LogP) is 2.44. The monoisotopic (exact) mass is 400 g/mol. The van der Waals surface area contributed by atoms with E-state index in [1.807, 2.05) is 0 Å². The van der Waals surface area contributed by atoms with Crippen molar-refractivity contribution in [2.24, 2.45) is 0 Å². The van der Waals surface area contributed by atoms with Crippen LogP contribution in [0.1, 0.15) is 42.3 Å². The van der Waals surface area contributed by atoms with Crippen LogP contribution < -0.4 is 5.32 Å². The van der Waals surface area contributed by atoms with Crippen LogP contribution in [0.3, 0.4) is 0 Å². The molecule has 0 bridgehead atoms. The fourth-order valence-corrected chi connectivity index (χ4v) is 4.28. The number of nitrogens with one attached hydrogen (secondary N) is 1. The minimum atomic E-state index is -0.280. The third-order valence-corrected chi connectivity index (χ3v) is 5.88. The maximum atomic E-state index is 13.0. The second kappa shape index (κ2) is 9.05. The van der Waals surface area contributed by atoms with Crippen LogP contribution in [0.2, 0.25) is 0 Å². The molecular weight excluding hydrogens is 371 g/mol. The molecule has 29 heavy (non-hydrogen) atoms. The van der Waals surface area contributed by atoms with Crippen LogP contribution >= 0.6 is 0 Å². The summed E-state index contributed by atoms with van der Waals surface area (Å²) >= 11 is 0. The van der Waals surface area contributed by atoms with Crippen molar-refractivity contribution < 1.29 is 13.9 Å². The zero-order valence-electron chi connectivity index (χ0n) is 17.0. The van der Waals surface area contributed by atoms with Crippen molar-refractivity contribution in [1.29, 1.82) is 0 Å². The van der Waals surface area contributed by atoms with Crippen molar-refractivity contribution in [3.8, 4) is 0 Å². The fraction of sp³-hybridized carbons (Fsp3) is 0.545. The molecule has 0 radical (unpaired) electrons. The van der Waals surface area contributed by atoms with Gasteiger partial charge in [-0.25, -0.2) is 4.39 Å². The summed E-state index contributed by atoms with van der Waals surface area (Å²) in [6.45, 7) is 7.19. The molecule has 0 saturated carbocycles. The molecule has 2 aliphatic rings. The Hall–Kier alpha value is -2.25. The average molecular weight is 400 g/mol. The second-order valence-electron chi connectivity index (χ2n) is 7.91. The molecule has 0 unspecified atom stereocenters. The van der Waals surface area contributed by atoms with Gasteiger partial charge in [-0.3, -0.25) is 14.4 Å². The number of amides is 1. The van der Waals surface area contributed by atoms with Gasteiger partial charge in [0.1, 0.15) is 5.82 Å². The highest BCUT2D eigenvalue weighted by Gasteiger charge is 2.25. The van der Waals surface area contributed by atoms with Gasteiger partial charge in [0.2, 0.25) is 5.91 Å². The number of nitrogens with zero attached hydrogens (tertiary/aromatic N) is 3. The van der Waals surface area contributed by atoms with Crippen LogP contribution in [0.4, 0.5) is 4.39 Å². The number of hydrogen-bond acceptors (Lipinski definition) is 4. The van der Waals surface area contributed by atoms with Gasteiger partial charge < -0.3 is 10.1 Å². The minimum Gasteiger partial charge on any atom is -0.376 e. The smallest absolute Gasteiger partial charge is 0.224 e. The molecule has 7 heteroatoms. The number of likely N-dealkylation sites (tertiary alicyclic amines) is 1. The predicted molar refractivity (Wildman–Crippen MR) is 108 cm³/mol. The van der Waals surface area contributed by atoms with Gasteiger partial charge in [-0.15, -0.1) is 0 Å². The number of fused-ring (bicyclic) bond motifs is 1. The summed E-state index contributed by atoms with van der Waals surface area (Å²) in [5.74, 6) is -0.277. The summed E-state index contributed by atoms with van der Waals surface area (Å²) in [6.07, 6.45) is 3.10. The van der Waals surface area contributed by atoms with Crippen molar-refractivity contribution >= 4 is 5.91 Å². The maximum Gasteiger partial charge on any atom is 0.224 e. The van der Waals surface area contributed by atoms with Crippen LogP contribution in [0.5, 0.6) is 0 Å². The molecule has 1 aromatic carbocycles. The van der Waals surface area contributed by atoms with E-state index in [0.717, 1.165) is 63.3 Å². The number of hydrogen-bond donors (Lipinski definition) is 1. The summed E-state index contributed by atoms with van der Waals surface area (Å²) in [4.78, 5) is 14.7. The first kappa shape index (κ1) is 20.0. The Morgan fingerprint density at radius 3 is 2.76 bits per heavy atom. The van der Waals surface area contributed by atoms with Crippen molar-refractivity contribution in [3.63, 3.8) is 0 Å². The Labute approximate surface area is 171 Å². The Morgan fingerprint density at radius 1 is 1.28 bits per heavy atom. The molecule has 3 heterocycles. The number of halogens is 1. The van der Waals surface area contributed by atoms with E-state index in [0.29, 0.717) is 13.0 Å². The van der Waals surface area contributed by atoms with Gasteiger partial charge in [-0.05, 0) is 37.5 Å². The first-order chi connectivity index (χ1) is 14.1. The van der Waals surface area contributed by atoms with Crippen LogP contribution in [-0.4, -0.2) is 46.3 Å². The lowest BCUT2D eigenvalue weighted by atomic mass is 10.0. The maximum absolute atomic E-state index is 13.0.